The van der Waals surface area contributed by atoms with Crippen LogP contribution in [0.5, 0.6) is 11.5 Å². The lowest BCUT2D eigenvalue weighted by Gasteiger charge is -2.16. The summed E-state index contributed by atoms with van der Waals surface area (Å²) in [6.07, 6.45) is -9.47. The molecule has 0 fully saturated rings. The third-order valence-corrected chi connectivity index (χ3v) is 4.71. The summed E-state index contributed by atoms with van der Waals surface area (Å²) in [4.78, 5) is 3.12. The number of aryl methyl sites for hydroxylation is 2. The number of hydrogen-bond acceptors (Lipinski definition) is 5. The number of sulfonamides is 1. The van der Waals surface area contributed by atoms with Gasteiger partial charge in [0.2, 0.25) is 0 Å². The Kier molecular flexibility index (Phi) is 6.74. The second-order valence-corrected chi connectivity index (χ2v) is 7.84. The lowest BCUT2D eigenvalue weighted by Crippen LogP contribution is -2.22. The number of halogens is 6. The van der Waals surface area contributed by atoms with Gasteiger partial charge in [0.25, 0.3) is 10.0 Å². The van der Waals surface area contributed by atoms with E-state index in [0.29, 0.717) is 17.3 Å². The zero-order chi connectivity index (χ0) is 22.7. The number of rotatable bonds is 7. The number of nitrogens with one attached hydrogen (secondary N) is 1. The van der Waals surface area contributed by atoms with E-state index in [9.17, 15) is 34.8 Å². The van der Waals surface area contributed by atoms with Crippen molar-refractivity contribution in [2.24, 2.45) is 0 Å². The highest BCUT2D eigenvalue weighted by molar-refractivity contribution is 7.92. The summed E-state index contributed by atoms with van der Waals surface area (Å²) in [6, 6.07) is 5.31. The van der Waals surface area contributed by atoms with E-state index in [1.165, 1.54) is 6.07 Å². The predicted octanol–water partition coefficient (Wildman–Crippen LogP) is 4.38. The van der Waals surface area contributed by atoms with Gasteiger partial charge in [0.05, 0.1) is 0 Å². The van der Waals surface area contributed by atoms with Crippen molar-refractivity contribution in [1.29, 1.82) is 0 Å². The van der Waals surface area contributed by atoms with Gasteiger partial charge in [-0.25, -0.2) is 13.4 Å². The highest BCUT2D eigenvalue weighted by Crippen LogP contribution is 2.32. The maximum Gasteiger partial charge on any atom is 0.422 e. The molecule has 1 heterocycles. The Morgan fingerprint density at radius 1 is 0.933 bits per heavy atom. The van der Waals surface area contributed by atoms with Crippen molar-refractivity contribution in [2.45, 2.75) is 31.1 Å². The van der Waals surface area contributed by atoms with E-state index < -0.39 is 52.0 Å². The van der Waals surface area contributed by atoms with Crippen LogP contribution in [0.25, 0.3) is 0 Å². The van der Waals surface area contributed by atoms with Gasteiger partial charge in [-0.1, -0.05) is 0 Å². The van der Waals surface area contributed by atoms with Crippen molar-refractivity contribution in [3.63, 3.8) is 0 Å². The van der Waals surface area contributed by atoms with Crippen LogP contribution in [-0.2, 0) is 10.0 Å². The molecular formula is C17H16F6N2O4S. The van der Waals surface area contributed by atoms with Gasteiger partial charge in [-0.2, -0.15) is 26.3 Å². The van der Waals surface area contributed by atoms with E-state index in [4.69, 9.17) is 0 Å². The van der Waals surface area contributed by atoms with Crippen LogP contribution in [0.15, 0.2) is 35.2 Å². The largest absolute Gasteiger partial charge is 0.484 e. The minimum atomic E-state index is -4.77. The summed E-state index contributed by atoms with van der Waals surface area (Å²) in [5, 5.41) is 0. The minimum absolute atomic E-state index is 0.129. The number of nitrogens with zero attached hydrogens (tertiary/aromatic N) is 1. The number of pyridine rings is 1. The first-order valence-electron chi connectivity index (χ1n) is 8.16. The van der Waals surface area contributed by atoms with Gasteiger partial charge in [-0.05, 0) is 43.7 Å². The minimum Gasteiger partial charge on any atom is -0.484 e. The maximum atomic E-state index is 12.7. The first-order valence-corrected chi connectivity index (χ1v) is 9.64. The highest BCUT2D eigenvalue weighted by atomic mass is 32.2. The highest BCUT2D eigenvalue weighted by Gasteiger charge is 2.31. The summed E-state index contributed by atoms with van der Waals surface area (Å²) < 4.78 is 111. The van der Waals surface area contributed by atoms with E-state index >= 15 is 0 Å². The molecule has 2 aromatic rings. The van der Waals surface area contributed by atoms with Crippen LogP contribution >= 0.6 is 0 Å². The molecule has 6 nitrogen and oxygen atoms in total. The molecule has 0 unspecified atom stereocenters. The molecule has 0 spiro atoms. The van der Waals surface area contributed by atoms with Gasteiger partial charge in [-0.15, -0.1) is 0 Å². The van der Waals surface area contributed by atoms with Gasteiger partial charge in [-0.3, -0.25) is 4.72 Å². The average Bonchev–Trinajstić information content (AvgIpc) is 2.55. The smallest absolute Gasteiger partial charge is 0.422 e. The predicted molar refractivity (Wildman–Crippen MR) is 94.1 cm³/mol. The molecule has 0 bridgehead atoms. The number of anilines is 1. The van der Waals surface area contributed by atoms with Gasteiger partial charge in [0, 0.05) is 11.8 Å². The molecule has 0 radical (unpaired) electrons. The van der Waals surface area contributed by atoms with Gasteiger partial charge < -0.3 is 9.47 Å². The molecule has 13 heteroatoms. The van der Waals surface area contributed by atoms with Crippen molar-refractivity contribution in [1.82, 2.24) is 4.98 Å². The van der Waals surface area contributed by atoms with Crippen molar-refractivity contribution < 1.29 is 44.2 Å². The van der Waals surface area contributed by atoms with Gasteiger partial charge in [0.1, 0.15) is 22.2 Å². The zero-order valence-electron chi connectivity index (χ0n) is 15.6. The lowest BCUT2D eigenvalue weighted by molar-refractivity contribution is -0.154. The Balaban J connectivity index is 2.42. The molecule has 0 amide bonds. The zero-order valence-corrected chi connectivity index (χ0v) is 16.4. The molecular weight excluding hydrogens is 442 g/mol. The fraction of sp³-hybridized carbons (Fsp3) is 0.353. The normalized spacial score (nSPS) is 12.5. The van der Waals surface area contributed by atoms with Crippen molar-refractivity contribution in [3.8, 4) is 11.5 Å². The summed E-state index contributed by atoms with van der Waals surface area (Å²) in [6.45, 7) is -0.272. The molecule has 166 valence electrons. The van der Waals surface area contributed by atoms with E-state index in [0.717, 1.165) is 12.1 Å². The van der Waals surface area contributed by atoms with Crippen LogP contribution in [0.4, 0.5) is 32.2 Å². The van der Waals surface area contributed by atoms with Crippen molar-refractivity contribution in [2.75, 3.05) is 17.9 Å². The van der Waals surface area contributed by atoms with Crippen LogP contribution in [0.1, 0.15) is 11.3 Å². The molecule has 1 aromatic carbocycles. The van der Waals surface area contributed by atoms with E-state index in [1.54, 1.807) is 19.9 Å². The number of benzene rings is 1. The van der Waals surface area contributed by atoms with Gasteiger partial charge >= 0.3 is 12.4 Å². The van der Waals surface area contributed by atoms with E-state index in [2.05, 4.69) is 19.2 Å². The molecule has 0 aliphatic carbocycles. The molecule has 0 saturated carbocycles. The van der Waals surface area contributed by atoms with Crippen LogP contribution in [0, 0.1) is 13.8 Å². The first-order chi connectivity index (χ1) is 13.6. The number of aromatic nitrogens is 1. The number of ether oxygens (including phenoxy) is 2. The van der Waals surface area contributed by atoms with Crippen LogP contribution in [-0.4, -0.2) is 39.0 Å². The van der Waals surface area contributed by atoms with Crippen LogP contribution < -0.4 is 14.2 Å². The molecule has 0 aliphatic rings. The molecule has 2 rings (SSSR count). The van der Waals surface area contributed by atoms with Crippen LogP contribution in [0.3, 0.4) is 0 Å². The standard InChI is InChI=1S/C17H16F6N2O4S/c1-10-5-11(2)24-15(6-10)25-30(26,27)14-7-12(28-8-16(18,19)20)3-4-13(14)29-9-17(21,22)23/h3-7H,8-9H2,1-2H3,(H,24,25). The summed E-state index contributed by atoms with van der Waals surface area (Å²) in [5.41, 5.74) is 1.11. The average molecular weight is 458 g/mol. The van der Waals surface area contributed by atoms with E-state index in [-0.39, 0.29) is 5.82 Å². The Hall–Kier alpha value is -2.70. The Morgan fingerprint density at radius 2 is 1.53 bits per heavy atom. The third kappa shape index (κ3) is 7.28. The molecule has 0 aliphatic heterocycles. The third-order valence-electron chi connectivity index (χ3n) is 3.34. The number of alkyl halides is 6. The Labute approximate surface area is 167 Å². The van der Waals surface area contributed by atoms with Gasteiger partial charge in [0.15, 0.2) is 13.2 Å². The molecule has 30 heavy (non-hydrogen) atoms. The quantitative estimate of drug-likeness (QED) is 0.624. The number of hydrogen-bond donors (Lipinski definition) is 1. The lowest BCUT2D eigenvalue weighted by atomic mass is 10.2. The van der Waals surface area contributed by atoms with Crippen molar-refractivity contribution >= 4 is 15.8 Å². The van der Waals surface area contributed by atoms with Crippen molar-refractivity contribution in [3.05, 3.63) is 41.6 Å². The molecule has 0 saturated heterocycles. The van der Waals surface area contributed by atoms with E-state index in [1.807, 2.05) is 0 Å². The summed E-state index contributed by atoms with van der Waals surface area (Å²) in [7, 11) is -4.59. The second-order valence-electron chi connectivity index (χ2n) is 6.19. The first kappa shape index (κ1) is 23.6. The summed E-state index contributed by atoms with van der Waals surface area (Å²) >= 11 is 0. The van der Waals surface area contributed by atoms with Crippen LogP contribution in [0.2, 0.25) is 0 Å². The Bertz CT molecular complexity index is 986. The Morgan fingerprint density at radius 3 is 2.10 bits per heavy atom. The molecule has 1 aromatic heterocycles. The molecule has 1 N–H and O–H groups in total. The molecule has 0 atom stereocenters. The summed E-state index contributed by atoms with van der Waals surface area (Å²) in [5.74, 6) is -1.38. The second kappa shape index (κ2) is 8.58. The maximum absolute atomic E-state index is 12.7. The SMILES string of the molecule is Cc1cc(C)nc(NS(=O)(=O)c2cc(OCC(F)(F)F)ccc2OCC(F)(F)F)c1. The fourth-order valence-electron chi connectivity index (χ4n) is 2.32. The monoisotopic (exact) mass is 458 g/mol. The topological polar surface area (TPSA) is 77.5 Å². The fourth-order valence-corrected chi connectivity index (χ4v) is 3.47.